The molecule has 2 aliphatic heterocycles. The van der Waals surface area contributed by atoms with E-state index in [1.54, 1.807) is 11.0 Å². The van der Waals surface area contributed by atoms with E-state index in [1.165, 1.54) is 0 Å². The Kier molecular flexibility index (Phi) is 5.89. The number of carbonyl (C=O) groups excluding carboxylic acids is 3. The SMILES string of the molecule is O=C(CN1C(=O)SC(=Cc2cccn2-c2cccc(Br)c2)C1=O)N1CCOCC1. The van der Waals surface area contributed by atoms with Crippen LogP contribution in [0.1, 0.15) is 5.69 Å². The van der Waals surface area contributed by atoms with Gasteiger partial charge in [0, 0.05) is 35.1 Å². The number of halogens is 1. The van der Waals surface area contributed by atoms with E-state index in [9.17, 15) is 14.4 Å². The summed E-state index contributed by atoms with van der Waals surface area (Å²) in [5.74, 6) is -0.682. The minimum Gasteiger partial charge on any atom is -0.378 e. The Morgan fingerprint density at radius 3 is 2.72 bits per heavy atom. The summed E-state index contributed by atoms with van der Waals surface area (Å²) < 4.78 is 8.10. The van der Waals surface area contributed by atoms with Crippen LogP contribution in [0, 0.1) is 0 Å². The Labute approximate surface area is 180 Å². The van der Waals surface area contributed by atoms with Gasteiger partial charge in [-0.05, 0) is 48.2 Å². The summed E-state index contributed by atoms with van der Waals surface area (Å²) in [6.07, 6.45) is 3.57. The zero-order valence-electron chi connectivity index (χ0n) is 15.4. The number of ether oxygens (including phenoxy) is 1. The first kappa shape index (κ1) is 19.9. The van der Waals surface area contributed by atoms with Crippen LogP contribution >= 0.6 is 27.7 Å². The second kappa shape index (κ2) is 8.56. The summed E-state index contributed by atoms with van der Waals surface area (Å²) in [5, 5.41) is -0.427. The van der Waals surface area contributed by atoms with E-state index in [0.717, 1.165) is 32.5 Å². The monoisotopic (exact) mass is 475 g/mol. The number of morpholine rings is 1. The molecule has 0 N–H and O–H groups in total. The van der Waals surface area contributed by atoms with Gasteiger partial charge in [-0.3, -0.25) is 19.3 Å². The Balaban J connectivity index is 1.53. The number of nitrogens with zero attached hydrogens (tertiary/aromatic N) is 3. The van der Waals surface area contributed by atoms with Crippen molar-refractivity contribution in [3.63, 3.8) is 0 Å². The van der Waals surface area contributed by atoms with Crippen LogP contribution in [-0.4, -0.2) is 64.3 Å². The molecular weight excluding hydrogens is 458 g/mol. The Morgan fingerprint density at radius 2 is 1.97 bits per heavy atom. The third kappa shape index (κ3) is 4.31. The average Bonchev–Trinajstić information content (AvgIpc) is 3.29. The fourth-order valence-electron chi connectivity index (χ4n) is 3.19. The molecule has 2 aromatic rings. The van der Waals surface area contributed by atoms with E-state index in [4.69, 9.17) is 4.74 Å². The lowest BCUT2D eigenvalue weighted by molar-refractivity contribution is -0.139. The van der Waals surface area contributed by atoms with Crippen molar-refractivity contribution in [3.05, 3.63) is 57.7 Å². The van der Waals surface area contributed by atoms with Crippen LogP contribution < -0.4 is 0 Å². The normalized spacial score (nSPS) is 18.7. The number of imide groups is 1. The van der Waals surface area contributed by atoms with E-state index < -0.39 is 11.1 Å². The molecule has 0 spiro atoms. The number of hydrogen-bond donors (Lipinski definition) is 0. The molecule has 1 aromatic carbocycles. The highest BCUT2D eigenvalue weighted by molar-refractivity contribution is 9.10. The van der Waals surface area contributed by atoms with Crippen molar-refractivity contribution in [1.29, 1.82) is 0 Å². The second-order valence-corrected chi connectivity index (χ2v) is 8.45. The van der Waals surface area contributed by atoms with Crippen LogP contribution in [0.5, 0.6) is 0 Å². The molecule has 0 saturated carbocycles. The predicted molar refractivity (Wildman–Crippen MR) is 114 cm³/mol. The number of thioether (sulfide) groups is 1. The number of benzene rings is 1. The van der Waals surface area contributed by atoms with Crippen LogP contribution in [0.4, 0.5) is 4.79 Å². The second-order valence-electron chi connectivity index (χ2n) is 6.54. The molecule has 3 heterocycles. The molecule has 0 radical (unpaired) electrons. The molecule has 0 aliphatic carbocycles. The molecule has 0 unspecified atom stereocenters. The number of rotatable bonds is 4. The Hall–Kier alpha value is -2.36. The van der Waals surface area contributed by atoms with Crippen LogP contribution in [0.2, 0.25) is 0 Å². The predicted octanol–water partition coefficient (Wildman–Crippen LogP) is 3.13. The van der Waals surface area contributed by atoms with Gasteiger partial charge in [0.1, 0.15) is 6.54 Å². The average molecular weight is 476 g/mol. The van der Waals surface area contributed by atoms with Crippen LogP contribution in [-0.2, 0) is 14.3 Å². The summed E-state index contributed by atoms with van der Waals surface area (Å²) in [6.45, 7) is 1.66. The molecule has 0 atom stereocenters. The van der Waals surface area contributed by atoms with Crippen molar-refractivity contribution in [3.8, 4) is 5.69 Å². The topological polar surface area (TPSA) is 71.9 Å². The molecule has 3 amide bonds. The van der Waals surface area contributed by atoms with Gasteiger partial charge in [-0.15, -0.1) is 0 Å². The third-order valence-electron chi connectivity index (χ3n) is 4.68. The summed E-state index contributed by atoms with van der Waals surface area (Å²) in [7, 11) is 0. The van der Waals surface area contributed by atoms with Crippen molar-refractivity contribution in [1.82, 2.24) is 14.4 Å². The van der Waals surface area contributed by atoms with Gasteiger partial charge in [-0.1, -0.05) is 22.0 Å². The largest absolute Gasteiger partial charge is 0.378 e. The molecule has 2 fully saturated rings. The van der Waals surface area contributed by atoms with Crippen LogP contribution in [0.25, 0.3) is 11.8 Å². The van der Waals surface area contributed by atoms with Gasteiger partial charge in [0.2, 0.25) is 5.91 Å². The van der Waals surface area contributed by atoms with E-state index in [1.807, 2.05) is 47.2 Å². The Bertz CT molecular complexity index is 997. The number of amides is 3. The molecular formula is C20H18BrN3O4S. The number of hydrogen-bond acceptors (Lipinski definition) is 5. The smallest absolute Gasteiger partial charge is 0.294 e. The van der Waals surface area contributed by atoms with Crippen molar-refractivity contribution in [2.45, 2.75) is 0 Å². The highest BCUT2D eigenvalue weighted by Crippen LogP contribution is 2.32. The minimum atomic E-state index is -0.441. The maximum atomic E-state index is 12.8. The fraction of sp³-hybridized carbons (Fsp3) is 0.250. The van der Waals surface area contributed by atoms with E-state index in [-0.39, 0.29) is 12.5 Å². The van der Waals surface area contributed by atoms with Crippen molar-refractivity contribution >= 4 is 50.8 Å². The van der Waals surface area contributed by atoms with Gasteiger partial charge in [-0.25, -0.2) is 0 Å². The molecule has 1 aromatic heterocycles. The van der Waals surface area contributed by atoms with Crippen LogP contribution in [0.15, 0.2) is 52.0 Å². The van der Waals surface area contributed by atoms with Gasteiger partial charge in [0.15, 0.2) is 0 Å². The van der Waals surface area contributed by atoms with Gasteiger partial charge in [0.25, 0.3) is 11.1 Å². The van der Waals surface area contributed by atoms with Gasteiger partial charge in [0.05, 0.1) is 18.1 Å². The lowest BCUT2D eigenvalue weighted by Crippen LogP contribution is -2.46. The standard InChI is InChI=1S/C20H18BrN3O4S/c21-14-3-1-4-15(11-14)23-6-2-5-16(23)12-17-19(26)24(20(27)29-17)13-18(25)22-7-9-28-10-8-22/h1-6,11-12H,7-10,13H2. The molecule has 2 saturated heterocycles. The first-order chi connectivity index (χ1) is 14.0. The molecule has 7 nitrogen and oxygen atoms in total. The quantitative estimate of drug-likeness (QED) is 0.635. The first-order valence-corrected chi connectivity index (χ1v) is 10.7. The zero-order chi connectivity index (χ0) is 20.4. The third-order valence-corrected chi connectivity index (χ3v) is 6.08. The van der Waals surface area contributed by atoms with Gasteiger partial charge >= 0.3 is 0 Å². The highest BCUT2D eigenvalue weighted by Gasteiger charge is 2.37. The molecule has 9 heteroatoms. The Morgan fingerprint density at radius 1 is 1.17 bits per heavy atom. The van der Waals surface area contributed by atoms with Crippen molar-refractivity contribution < 1.29 is 19.1 Å². The molecule has 4 rings (SSSR count). The van der Waals surface area contributed by atoms with Gasteiger partial charge < -0.3 is 14.2 Å². The maximum Gasteiger partial charge on any atom is 0.294 e. The summed E-state index contributed by atoms with van der Waals surface area (Å²) in [4.78, 5) is 40.5. The minimum absolute atomic E-state index is 0.241. The summed E-state index contributed by atoms with van der Waals surface area (Å²) >= 11 is 4.32. The van der Waals surface area contributed by atoms with Crippen LogP contribution in [0.3, 0.4) is 0 Å². The highest BCUT2D eigenvalue weighted by atomic mass is 79.9. The van der Waals surface area contributed by atoms with E-state index in [2.05, 4.69) is 15.9 Å². The summed E-state index contributed by atoms with van der Waals surface area (Å²) in [5.41, 5.74) is 1.70. The number of carbonyl (C=O) groups is 3. The molecule has 150 valence electrons. The van der Waals surface area contributed by atoms with E-state index >= 15 is 0 Å². The lowest BCUT2D eigenvalue weighted by Gasteiger charge is -2.28. The summed E-state index contributed by atoms with van der Waals surface area (Å²) in [6, 6.07) is 11.5. The van der Waals surface area contributed by atoms with Crippen molar-refractivity contribution in [2.24, 2.45) is 0 Å². The van der Waals surface area contributed by atoms with E-state index in [0.29, 0.717) is 31.2 Å². The molecule has 29 heavy (non-hydrogen) atoms. The lowest BCUT2D eigenvalue weighted by atomic mass is 10.3. The fourth-order valence-corrected chi connectivity index (χ4v) is 4.40. The number of aromatic nitrogens is 1. The zero-order valence-corrected chi connectivity index (χ0v) is 17.8. The van der Waals surface area contributed by atoms with Gasteiger partial charge in [-0.2, -0.15) is 0 Å². The van der Waals surface area contributed by atoms with Crippen molar-refractivity contribution in [2.75, 3.05) is 32.8 Å². The maximum absolute atomic E-state index is 12.8. The molecule has 2 aliphatic rings. The first-order valence-electron chi connectivity index (χ1n) is 9.07. The molecule has 0 bridgehead atoms.